The second-order valence-electron chi connectivity index (χ2n) is 5.55. The van der Waals surface area contributed by atoms with E-state index < -0.39 is 0 Å². The number of ether oxygens (including phenoxy) is 1. The third kappa shape index (κ3) is 3.16. The molecule has 0 spiro atoms. The van der Waals surface area contributed by atoms with Crippen LogP contribution in [-0.2, 0) is 11.2 Å². The molecule has 2 aromatic carbocycles. The van der Waals surface area contributed by atoms with Gasteiger partial charge in [0.1, 0.15) is 6.33 Å². The third-order valence-corrected chi connectivity index (χ3v) is 4.03. The van der Waals surface area contributed by atoms with Crippen molar-refractivity contribution in [3.05, 3.63) is 59.9 Å². The number of hydrogen-bond donors (Lipinski definition) is 1. The molecule has 0 fully saturated rings. The molecule has 1 heterocycles. The molecule has 0 bridgehead atoms. The van der Waals surface area contributed by atoms with Crippen molar-refractivity contribution < 1.29 is 9.53 Å². The van der Waals surface area contributed by atoms with Crippen LogP contribution in [0.5, 0.6) is 0 Å². The molecule has 1 amide bonds. The van der Waals surface area contributed by atoms with E-state index in [0.717, 1.165) is 23.1 Å². The van der Waals surface area contributed by atoms with Crippen molar-refractivity contribution in [2.24, 2.45) is 0 Å². The van der Waals surface area contributed by atoms with Gasteiger partial charge in [-0.3, -0.25) is 9.36 Å². The summed E-state index contributed by atoms with van der Waals surface area (Å²) in [5.41, 5.74) is 4.79. The van der Waals surface area contributed by atoms with E-state index in [1.54, 1.807) is 7.11 Å². The van der Waals surface area contributed by atoms with E-state index in [-0.39, 0.29) is 5.91 Å². The van der Waals surface area contributed by atoms with Crippen LogP contribution < -0.4 is 5.32 Å². The normalized spacial score (nSPS) is 10.9. The van der Waals surface area contributed by atoms with Crippen LogP contribution in [0.3, 0.4) is 0 Å². The number of rotatable bonds is 6. The molecule has 0 atom stereocenters. The maximum Gasteiger partial charge on any atom is 0.251 e. The first-order chi connectivity index (χ1) is 11.7. The van der Waals surface area contributed by atoms with Gasteiger partial charge in [0.25, 0.3) is 5.91 Å². The summed E-state index contributed by atoms with van der Waals surface area (Å²) in [5.74, 6) is -0.113. The molecule has 5 nitrogen and oxygen atoms in total. The van der Waals surface area contributed by atoms with E-state index >= 15 is 0 Å². The second kappa shape index (κ2) is 7.27. The molecule has 0 saturated heterocycles. The Hall–Kier alpha value is -2.66. The molecular weight excluding hydrogens is 302 g/mol. The molecule has 3 aromatic rings. The van der Waals surface area contributed by atoms with Crippen LogP contribution in [0.4, 0.5) is 0 Å². The third-order valence-electron chi connectivity index (χ3n) is 4.03. The first kappa shape index (κ1) is 16.2. The van der Waals surface area contributed by atoms with Crippen LogP contribution in [-0.4, -0.2) is 35.7 Å². The molecule has 0 aliphatic carbocycles. The largest absolute Gasteiger partial charge is 0.383 e. The number of amides is 1. The molecule has 24 heavy (non-hydrogen) atoms. The highest BCUT2D eigenvalue weighted by atomic mass is 16.5. The van der Waals surface area contributed by atoms with Crippen molar-refractivity contribution in [2.45, 2.75) is 13.3 Å². The number of carbonyl (C=O) groups excluding carboxylic acids is 1. The fourth-order valence-electron chi connectivity index (χ4n) is 2.76. The molecule has 124 valence electrons. The van der Waals surface area contributed by atoms with Gasteiger partial charge in [-0.2, -0.15) is 0 Å². The molecule has 1 N–H and O–H groups in total. The zero-order chi connectivity index (χ0) is 16.9. The number of hydrogen-bond acceptors (Lipinski definition) is 3. The summed E-state index contributed by atoms with van der Waals surface area (Å²) >= 11 is 0. The van der Waals surface area contributed by atoms with Crippen molar-refractivity contribution in [1.29, 1.82) is 0 Å². The van der Waals surface area contributed by atoms with Crippen LogP contribution in [0, 0.1) is 0 Å². The first-order valence-electron chi connectivity index (χ1n) is 8.07. The first-order valence-corrected chi connectivity index (χ1v) is 8.07. The lowest BCUT2D eigenvalue weighted by Crippen LogP contribution is -2.26. The Morgan fingerprint density at radius 3 is 2.88 bits per heavy atom. The molecule has 5 heteroatoms. The predicted molar refractivity (Wildman–Crippen MR) is 94.7 cm³/mol. The SMILES string of the molecule is CCc1ccccc1-n1cnc2cc(C(=O)NCCOC)ccc21. The summed E-state index contributed by atoms with van der Waals surface area (Å²) in [4.78, 5) is 16.6. The van der Waals surface area contributed by atoms with E-state index in [9.17, 15) is 4.79 Å². The van der Waals surface area contributed by atoms with Crippen molar-refractivity contribution in [3.63, 3.8) is 0 Å². The van der Waals surface area contributed by atoms with Crippen molar-refractivity contribution in [3.8, 4) is 5.69 Å². The van der Waals surface area contributed by atoms with Gasteiger partial charge in [-0.05, 0) is 36.2 Å². The minimum absolute atomic E-state index is 0.113. The lowest BCUT2D eigenvalue weighted by molar-refractivity contribution is 0.0937. The summed E-state index contributed by atoms with van der Waals surface area (Å²) in [6, 6.07) is 13.9. The fraction of sp³-hybridized carbons (Fsp3) is 0.263. The molecule has 1 aromatic heterocycles. The number of aryl methyl sites for hydroxylation is 1. The van der Waals surface area contributed by atoms with Gasteiger partial charge in [0.05, 0.1) is 23.3 Å². The Balaban J connectivity index is 1.93. The summed E-state index contributed by atoms with van der Waals surface area (Å²) < 4.78 is 7.01. The summed E-state index contributed by atoms with van der Waals surface area (Å²) in [6.45, 7) is 3.13. The number of benzene rings is 2. The average Bonchev–Trinajstić information content (AvgIpc) is 3.04. The van der Waals surface area contributed by atoms with Gasteiger partial charge in [0, 0.05) is 19.2 Å². The van der Waals surface area contributed by atoms with Gasteiger partial charge in [-0.15, -0.1) is 0 Å². The molecule has 0 radical (unpaired) electrons. The summed E-state index contributed by atoms with van der Waals surface area (Å²) in [5, 5.41) is 2.82. The van der Waals surface area contributed by atoms with Crippen LogP contribution in [0.1, 0.15) is 22.8 Å². The molecule has 0 aliphatic rings. The highest BCUT2D eigenvalue weighted by molar-refractivity contribution is 5.97. The van der Waals surface area contributed by atoms with E-state index in [2.05, 4.69) is 33.9 Å². The number of fused-ring (bicyclic) bond motifs is 1. The lowest BCUT2D eigenvalue weighted by Gasteiger charge is -2.10. The Labute approximate surface area is 141 Å². The summed E-state index contributed by atoms with van der Waals surface area (Å²) in [7, 11) is 1.61. The minimum atomic E-state index is -0.113. The van der Waals surface area contributed by atoms with Gasteiger partial charge in [0.2, 0.25) is 0 Å². The molecule has 3 rings (SSSR count). The van der Waals surface area contributed by atoms with Crippen molar-refractivity contribution in [2.75, 3.05) is 20.3 Å². The van der Waals surface area contributed by atoms with Crippen molar-refractivity contribution >= 4 is 16.9 Å². The molecule has 0 unspecified atom stereocenters. The zero-order valence-corrected chi connectivity index (χ0v) is 14.0. The van der Waals surface area contributed by atoms with Crippen molar-refractivity contribution in [1.82, 2.24) is 14.9 Å². The quantitative estimate of drug-likeness (QED) is 0.710. The van der Waals surface area contributed by atoms with Gasteiger partial charge >= 0.3 is 0 Å². The highest BCUT2D eigenvalue weighted by Crippen LogP contribution is 2.22. The Bertz CT molecular complexity index is 855. The van der Waals surface area contributed by atoms with E-state index in [4.69, 9.17) is 4.74 Å². The number of aromatic nitrogens is 2. The average molecular weight is 323 g/mol. The zero-order valence-electron chi connectivity index (χ0n) is 14.0. The van der Waals surface area contributed by atoms with Crippen LogP contribution in [0.2, 0.25) is 0 Å². The number of nitrogens with one attached hydrogen (secondary N) is 1. The minimum Gasteiger partial charge on any atom is -0.383 e. The number of methoxy groups -OCH3 is 1. The van der Waals surface area contributed by atoms with Gasteiger partial charge in [0.15, 0.2) is 0 Å². The molecule has 0 aliphatic heterocycles. The van der Waals surface area contributed by atoms with Gasteiger partial charge in [-0.25, -0.2) is 4.98 Å². The maximum absolute atomic E-state index is 12.1. The number of nitrogens with zero attached hydrogens (tertiary/aromatic N) is 2. The topological polar surface area (TPSA) is 56.2 Å². The predicted octanol–water partition coefficient (Wildman–Crippen LogP) is 2.96. The van der Waals surface area contributed by atoms with E-state index in [0.29, 0.717) is 18.7 Å². The van der Waals surface area contributed by atoms with Crippen LogP contribution in [0.15, 0.2) is 48.8 Å². The second-order valence-corrected chi connectivity index (χ2v) is 5.55. The standard InChI is InChI=1S/C19H21N3O2/c1-3-14-6-4-5-7-17(14)22-13-21-16-12-15(8-9-18(16)22)19(23)20-10-11-24-2/h4-9,12-13H,3,10-11H2,1-2H3,(H,20,23). The Morgan fingerprint density at radius 2 is 2.08 bits per heavy atom. The number of imidazole rings is 1. The maximum atomic E-state index is 12.1. The Morgan fingerprint density at radius 1 is 1.25 bits per heavy atom. The van der Waals surface area contributed by atoms with E-state index in [1.807, 2.05) is 36.7 Å². The smallest absolute Gasteiger partial charge is 0.251 e. The van der Waals surface area contributed by atoms with Gasteiger partial charge in [-0.1, -0.05) is 25.1 Å². The fourth-order valence-corrected chi connectivity index (χ4v) is 2.76. The number of para-hydroxylation sites is 1. The molecule has 0 saturated carbocycles. The van der Waals surface area contributed by atoms with Crippen LogP contribution >= 0.6 is 0 Å². The van der Waals surface area contributed by atoms with Crippen LogP contribution in [0.25, 0.3) is 16.7 Å². The molecular formula is C19H21N3O2. The van der Waals surface area contributed by atoms with Gasteiger partial charge < -0.3 is 10.1 Å². The van der Waals surface area contributed by atoms with E-state index in [1.165, 1.54) is 5.56 Å². The number of carbonyl (C=O) groups is 1. The Kier molecular flexibility index (Phi) is 4.91. The monoisotopic (exact) mass is 323 g/mol. The lowest BCUT2D eigenvalue weighted by atomic mass is 10.1. The summed E-state index contributed by atoms with van der Waals surface area (Å²) in [6.07, 6.45) is 2.77. The highest BCUT2D eigenvalue weighted by Gasteiger charge is 2.11.